The topological polar surface area (TPSA) is 120 Å². The van der Waals surface area contributed by atoms with Gasteiger partial charge < -0.3 is 56.3 Å². The molecule has 0 N–H and O–H groups in total. The van der Waals surface area contributed by atoms with Crippen molar-refractivity contribution in [2.75, 3.05) is 42.7 Å². The Morgan fingerprint density at radius 1 is 0.452 bits per heavy atom. The van der Waals surface area contributed by atoms with Crippen LogP contribution in [-0.2, 0) is 56.3 Å². The molecule has 42 heavy (non-hydrogen) atoms. The van der Waals surface area contributed by atoms with Crippen LogP contribution in [0.5, 0.6) is 0 Å². The van der Waals surface area contributed by atoms with Crippen LogP contribution in [0, 0.1) is 0 Å². The first-order chi connectivity index (χ1) is 18.8. The van der Waals surface area contributed by atoms with Crippen molar-refractivity contribution < 1.29 is 56.3 Å². The van der Waals surface area contributed by atoms with Crippen molar-refractivity contribution in [2.45, 2.75) is 97.0 Å². The maximum absolute atomic E-state index is 7.22. The van der Waals surface area contributed by atoms with Gasteiger partial charge in [0.1, 0.15) is 0 Å². The van der Waals surface area contributed by atoms with E-state index in [1.807, 2.05) is 78.6 Å². The van der Waals surface area contributed by atoms with Gasteiger partial charge in [-0.25, -0.2) is 0 Å². The molecule has 21 heteroatoms. The van der Waals surface area contributed by atoms with Crippen molar-refractivity contribution in [2.24, 2.45) is 0 Å². The summed E-state index contributed by atoms with van der Waals surface area (Å²) < 4.78 is 84.6. The molecular weight excluding hydrogens is 685 g/mol. The summed E-state index contributed by atoms with van der Waals surface area (Å²) in [6.07, 6.45) is 0.243. The van der Waals surface area contributed by atoms with E-state index in [0.29, 0.717) is 6.04 Å². The Labute approximate surface area is 262 Å². The van der Waals surface area contributed by atoms with E-state index in [1.54, 1.807) is 42.7 Å². The first kappa shape index (κ1) is 41.2. The fourth-order valence-electron chi connectivity index (χ4n) is 3.87. The van der Waals surface area contributed by atoms with E-state index in [4.69, 9.17) is 56.3 Å². The van der Waals surface area contributed by atoms with Gasteiger partial charge in [0.25, 0.3) is 5.97 Å². The Balaban J connectivity index is 4.27. The molecule has 1 heterocycles. The van der Waals surface area contributed by atoms with Crippen molar-refractivity contribution in [1.29, 1.82) is 0 Å². The third-order valence-corrected chi connectivity index (χ3v) is 37.0. The van der Waals surface area contributed by atoms with E-state index in [0.717, 1.165) is 0 Å². The van der Waals surface area contributed by atoms with Crippen molar-refractivity contribution >= 4 is 67.8 Å². The molecule has 13 nitrogen and oxygen atoms in total. The lowest BCUT2D eigenvalue weighted by Gasteiger charge is -2.57. The van der Waals surface area contributed by atoms with Crippen LogP contribution in [0.25, 0.3) is 0 Å². The van der Waals surface area contributed by atoms with Crippen molar-refractivity contribution in [3.63, 3.8) is 0 Å². The Kier molecular flexibility index (Phi) is 14.3. The molecule has 0 amide bonds. The van der Waals surface area contributed by atoms with Crippen LogP contribution in [0.1, 0.15) is 6.42 Å². The summed E-state index contributed by atoms with van der Waals surface area (Å²) in [5.41, 5.74) is 0. The molecule has 0 bridgehead atoms. The van der Waals surface area contributed by atoms with Crippen LogP contribution >= 0.6 is 0 Å². The van der Waals surface area contributed by atoms with Gasteiger partial charge in [0, 0.05) is 55.1 Å². The van der Waals surface area contributed by atoms with Crippen LogP contribution < -0.4 is 0 Å². The van der Waals surface area contributed by atoms with Gasteiger partial charge in [0.2, 0.25) is 0 Å². The number of hydrogen-bond acceptors (Lipinski definition) is 13. The monoisotopic (exact) mass is 742 g/mol. The molecule has 0 atom stereocenters. The van der Waals surface area contributed by atoms with E-state index < -0.39 is 73.7 Å². The highest BCUT2D eigenvalue weighted by atomic mass is 29.3. The van der Waals surface area contributed by atoms with E-state index in [9.17, 15) is 0 Å². The molecule has 252 valence electrons. The van der Waals surface area contributed by atoms with Gasteiger partial charge in [-0.3, -0.25) is 0 Å². The van der Waals surface area contributed by atoms with Crippen LogP contribution in [0.15, 0.2) is 0 Å². The van der Waals surface area contributed by atoms with Gasteiger partial charge in [-0.2, -0.15) is 0 Å². The van der Waals surface area contributed by atoms with Crippen molar-refractivity contribution in [1.82, 2.24) is 0 Å². The first-order valence-electron chi connectivity index (χ1n) is 14.0. The number of rotatable bonds is 18. The second-order valence-electron chi connectivity index (χ2n) is 12.8. The lowest BCUT2D eigenvalue weighted by molar-refractivity contribution is -0.297. The maximum Gasteiger partial charge on any atom is 0.524 e. The maximum atomic E-state index is 7.22. The summed E-state index contributed by atoms with van der Waals surface area (Å²) >= 11 is 0. The van der Waals surface area contributed by atoms with E-state index in [-0.39, 0.29) is 6.42 Å². The van der Waals surface area contributed by atoms with Crippen LogP contribution in [0.4, 0.5) is 0 Å². The van der Waals surface area contributed by atoms with Crippen LogP contribution in [0.3, 0.4) is 0 Å². The number of hydrogen-bond donors (Lipinski definition) is 0. The Hall–Kier alpha value is 1.22. The zero-order valence-corrected chi connectivity index (χ0v) is 37.2. The summed E-state index contributed by atoms with van der Waals surface area (Å²) in [4.78, 5) is 0. The predicted octanol–water partition coefficient (Wildman–Crippen LogP) is 4.71. The van der Waals surface area contributed by atoms with Crippen LogP contribution in [-0.4, -0.2) is 116 Å². The summed E-state index contributed by atoms with van der Waals surface area (Å²) in [7, 11) is -15.4. The minimum absolute atomic E-state index is 0.243. The zero-order chi connectivity index (χ0) is 33.1. The molecule has 0 aromatic rings. The van der Waals surface area contributed by atoms with Gasteiger partial charge in [-0.1, -0.05) is 0 Å². The quantitative estimate of drug-likeness (QED) is 0.143. The Morgan fingerprint density at radius 3 is 1.02 bits per heavy atom. The molecule has 0 aromatic carbocycles. The standard InChI is InChI=1S/C21H58O13Si8/c1-22-35(7,8)28-21(29-36(9,10)23-2)19-20-41(31-37(11,12)24-3,32-38(13,14)25-4)42(30-21,33-39(15,16)26-5)34-40(17,18)27-6/h19-20H2,1-18H3. The molecule has 0 unspecified atom stereocenters. The molecule has 1 saturated heterocycles. The molecule has 0 aliphatic carbocycles. The average Bonchev–Trinajstić information content (AvgIpc) is 2.85. The Morgan fingerprint density at radius 2 is 0.738 bits per heavy atom. The van der Waals surface area contributed by atoms with Crippen molar-refractivity contribution in [3.05, 3.63) is 0 Å². The second kappa shape index (κ2) is 14.5. The predicted molar refractivity (Wildman–Crippen MR) is 178 cm³/mol. The molecule has 0 aromatic heterocycles. The Bertz CT molecular complexity index is 821. The fourth-order valence-corrected chi connectivity index (χ4v) is 41.3. The lowest BCUT2D eigenvalue weighted by atomic mass is 10.4. The lowest BCUT2D eigenvalue weighted by Crippen LogP contribution is -2.84. The summed E-state index contributed by atoms with van der Waals surface area (Å²) in [6.45, 7) is 23.2. The third kappa shape index (κ3) is 11.2. The molecule has 1 aliphatic rings. The minimum Gasteiger partial charge on any atom is -0.413 e. The highest BCUT2D eigenvalue weighted by Crippen LogP contribution is 2.49. The molecule has 1 aliphatic heterocycles. The normalized spacial score (nSPS) is 20.1. The highest BCUT2D eigenvalue weighted by molar-refractivity contribution is 7.34. The first-order valence-corrected chi connectivity index (χ1v) is 35.6. The fraction of sp³-hybridized carbons (Fsp3) is 1.00. The van der Waals surface area contributed by atoms with Gasteiger partial charge in [0.05, 0.1) is 0 Å². The van der Waals surface area contributed by atoms with E-state index >= 15 is 0 Å². The third-order valence-electron chi connectivity index (χ3n) is 6.85. The average molecular weight is 743 g/mol. The van der Waals surface area contributed by atoms with E-state index in [2.05, 4.69) is 0 Å². The van der Waals surface area contributed by atoms with Gasteiger partial charge in [0.15, 0.2) is 0 Å². The largest absolute Gasteiger partial charge is 0.524 e. The minimum atomic E-state index is -4.23. The SMILES string of the molecule is CO[Si](C)(C)OC1(O[Si](C)(C)OC)CC[Si](O[Si](C)(C)OC)(O[Si](C)(C)OC)[Si](O[Si](C)(C)OC)(O[Si](C)(C)OC)O1. The molecule has 0 saturated carbocycles. The molecule has 1 rings (SSSR count). The van der Waals surface area contributed by atoms with Crippen LogP contribution in [0.2, 0.25) is 84.6 Å². The van der Waals surface area contributed by atoms with Gasteiger partial charge in [-0.05, 0) is 78.6 Å². The molecule has 1 fully saturated rings. The molecule has 0 spiro atoms. The van der Waals surface area contributed by atoms with E-state index in [1.165, 1.54) is 0 Å². The molecular formula is C21H58O13Si8. The second-order valence-corrected chi connectivity index (χ2v) is 43.2. The van der Waals surface area contributed by atoms with Gasteiger partial charge in [-0.15, -0.1) is 0 Å². The smallest absolute Gasteiger partial charge is 0.413 e. The van der Waals surface area contributed by atoms with Crippen molar-refractivity contribution in [3.8, 4) is 0 Å². The molecule has 0 radical (unpaired) electrons. The summed E-state index contributed by atoms with van der Waals surface area (Å²) in [5, 5.41) is 0. The summed E-state index contributed by atoms with van der Waals surface area (Å²) in [5.74, 6) is -1.64. The van der Waals surface area contributed by atoms with Gasteiger partial charge >= 0.3 is 67.8 Å². The zero-order valence-electron chi connectivity index (χ0n) is 29.2. The summed E-state index contributed by atoms with van der Waals surface area (Å²) in [6, 6.07) is 0.337. The highest BCUT2D eigenvalue weighted by Gasteiger charge is 2.79.